The number of carbonyl (C=O) groups excluding carboxylic acids is 1. The van der Waals surface area contributed by atoms with E-state index in [0.717, 1.165) is 0 Å². The molecular formula is C22H17N3O4. The number of benzene rings is 2. The number of ether oxygens (including phenoxy) is 2. The van der Waals surface area contributed by atoms with Gasteiger partial charge < -0.3 is 19.2 Å². The number of furan rings is 1. The lowest BCUT2D eigenvalue weighted by Crippen LogP contribution is -2.13. The Labute approximate surface area is 167 Å². The zero-order valence-electron chi connectivity index (χ0n) is 15.3. The van der Waals surface area contributed by atoms with Crippen molar-refractivity contribution in [1.82, 2.24) is 9.97 Å². The smallest absolute Gasteiger partial charge is 0.291 e. The zero-order valence-corrected chi connectivity index (χ0v) is 15.3. The number of anilines is 1. The van der Waals surface area contributed by atoms with Gasteiger partial charge in [-0.1, -0.05) is 24.3 Å². The molecule has 0 bridgehead atoms. The van der Waals surface area contributed by atoms with E-state index in [1.165, 1.54) is 18.7 Å². The highest BCUT2D eigenvalue weighted by Gasteiger charge is 2.16. The van der Waals surface area contributed by atoms with Crippen molar-refractivity contribution in [2.75, 3.05) is 5.32 Å². The second-order valence-electron chi connectivity index (χ2n) is 6.00. The Morgan fingerprint density at radius 2 is 1.86 bits per heavy atom. The molecule has 2 aromatic heterocycles. The van der Waals surface area contributed by atoms with Crippen LogP contribution in [0.25, 0.3) is 0 Å². The molecule has 4 rings (SSSR count). The normalized spacial score (nSPS) is 10.3. The Hall–Kier alpha value is -4.13. The minimum atomic E-state index is -0.377. The second-order valence-corrected chi connectivity index (χ2v) is 6.00. The number of nitrogens with one attached hydrogen (secondary N) is 1. The summed E-state index contributed by atoms with van der Waals surface area (Å²) in [5.41, 5.74) is 1.21. The molecule has 7 nitrogen and oxygen atoms in total. The third kappa shape index (κ3) is 4.78. The van der Waals surface area contributed by atoms with E-state index in [9.17, 15) is 4.79 Å². The first-order valence-corrected chi connectivity index (χ1v) is 8.87. The largest absolute Gasteiger partial charge is 0.489 e. The van der Waals surface area contributed by atoms with Crippen LogP contribution < -0.4 is 14.8 Å². The molecule has 1 N–H and O–H groups in total. The average Bonchev–Trinajstić information content (AvgIpc) is 3.23. The molecule has 29 heavy (non-hydrogen) atoms. The molecule has 0 atom stereocenters. The van der Waals surface area contributed by atoms with E-state index in [2.05, 4.69) is 15.3 Å². The summed E-state index contributed by atoms with van der Waals surface area (Å²) >= 11 is 0. The molecule has 2 aromatic carbocycles. The van der Waals surface area contributed by atoms with E-state index in [4.69, 9.17) is 13.9 Å². The lowest BCUT2D eigenvalue weighted by atomic mass is 10.2. The number of para-hydroxylation sites is 1. The van der Waals surface area contributed by atoms with Crippen molar-refractivity contribution in [2.24, 2.45) is 0 Å². The van der Waals surface area contributed by atoms with Crippen LogP contribution in [0, 0.1) is 0 Å². The van der Waals surface area contributed by atoms with Crippen molar-refractivity contribution in [2.45, 2.75) is 6.61 Å². The van der Waals surface area contributed by atoms with Crippen LogP contribution in [0.4, 0.5) is 5.69 Å². The van der Waals surface area contributed by atoms with Gasteiger partial charge in [0.2, 0.25) is 5.88 Å². The van der Waals surface area contributed by atoms with E-state index in [0.29, 0.717) is 28.6 Å². The number of carbonyl (C=O) groups is 1. The minimum Gasteiger partial charge on any atom is -0.489 e. The number of amides is 1. The Kier molecular flexibility index (Phi) is 5.48. The van der Waals surface area contributed by atoms with Crippen LogP contribution in [0.5, 0.6) is 17.4 Å². The van der Waals surface area contributed by atoms with Crippen molar-refractivity contribution >= 4 is 11.6 Å². The summed E-state index contributed by atoms with van der Waals surface area (Å²) in [5, 5.41) is 2.80. The minimum absolute atomic E-state index is 0.196. The monoisotopic (exact) mass is 387 g/mol. The molecule has 7 heteroatoms. The Balaban J connectivity index is 1.42. The third-order valence-electron chi connectivity index (χ3n) is 3.94. The van der Waals surface area contributed by atoms with Crippen LogP contribution in [0.1, 0.15) is 16.1 Å². The first-order valence-electron chi connectivity index (χ1n) is 8.87. The molecule has 0 saturated carbocycles. The van der Waals surface area contributed by atoms with E-state index in [1.54, 1.807) is 36.5 Å². The van der Waals surface area contributed by atoms with Gasteiger partial charge in [-0.25, -0.2) is 4.98 Å². The van der Waals surface area contributed by atoms with Crippen LogP contribution in [-0.4, -0.2) is 15.9 Å². The molecule has 2 heterocycles. The summed E-state index contributed by atoms with van der Waals surface area (Å²) in [7, 11) is 0. The standard InChI is InChI=1S/C22H17N3O4/c26-22(21-16(9-12-27-21)15-28-18-6-2-1-3-7-18)25-17-5-4-8-19(13-17)29-20-14-23-10-11-24-20/h1-14H,15H2,(H,25,26). The summed E-state index contributed by atoms with van der Waals surface area (Å²) in [6.07, 6.45) is 6.07. The van der Waals surface area contributed by atoms with Gasteiger partial charge in [-0.2, -0.15) is 0 Å². The molecule has 0 spiro atoms. The Morgan fingerprint density at radius 1 is 1.00 bits per heavy atom. The number of hydrogen-bond donors (Lipinski definition) is 1. The molecule has 1 amide bonds. The number of aromatic nitrogens is 2. The van der Waals surface area contributed by atoms with Crippen molar-refractivity contribution in [1.29, 1.82) is 0 Å². The van der Waals surface area contributed by atoms with Gasteiger partial charge in [0.05, 0.1) is 12.5 Å². The van der Waals surface area contributed by atoms with Crippen LogP contribution in [0.15, 0.2) is 89.9 Å². The van der Waals surface area contributed by atoms with Gasteiger partial charge in [0.15, 0.2) is 5.76 Å². The predicted octanol–water partition coefficient (Wildman–Crippen LogP) is 4.69. The van der Waals surface area contributed by atoms with Crippen molar-refractivity contribution < 1.29 is 18.7 Å². The first-order chi connectivity index (χ1) is 14.3. The SMILES string of the molecule is O=C(Nc1cccc(Oc2cnccn2)c1)c1occc1COc1ccccc1. The van der Waals surface area contributed by atoms with Gasteiger partial charge in [0.25, 0.3) is 5.91 Å². The van der Waals surface area contributed by atoms with Crippen molar-refractivity contribution in [3.05, 3.63) is 96.8 Å². The van der Waals surface area contributed by atoms with E-state index in [1.807, 2.05) is 30.3 Å². The highest BCUT2D eigenvalue weighted by atomic mass is 16.5. The molecule has 0 radical (unpaired) electrons. The highest BCUT2D eigenvalue weighted by molar-refractivity contribution is 6.03. The lowest BCUT2D eigenvalue weighted by Gasteiger charge is -2.09. The van der Waals surface area contributed by atoms with Gasteiger partial charge >= 0.3 is 0 Å². The maximum Gasteiger partial charge on any atom is 0.291 e. The van der Waals surface area contributed by atoms with Gasteiger partial charge in [0.1, 0.15) is 18.1 Å². The fourth-order valence-electron chi connectivity index (χ4n) is 2.61. The topological polar surface area (TPSA) is 86.5 Å². The van der Waals surface area contributed by atoms with Crippen LogP contribution in [0.3, 0.4) is 0 Å². The molecule has 0 unspecified atom stereocenters. The molecule has 144 valence electrons. The third-order valence-corrected chi connectivity index (χ3v) is 3.94. The fraction of sp³-hybridized carbons (Fsp3) is 0.0455. The zero-order chi connectivity index (χ0) is 19.9. The number of rotatable bonds is 7. The van der Waals surface area contributed by atoms with Gasteiger partial charge in [-0.3, -0.25) is 9.78 Å². The average molecular weight is 387 g/mol. The van der Waals surface area contributed by atoms with Gasteiger partial charge in [-0.05, 0) is 30.3 Å². The van der Waals surface area contributed by atoms with E-state index in [-0.39, 0.29) is 18.3 Å². The Bertz CT molecular complexity index is 1080. The maximum absolute atomic E-state index is 12.7. The van der Waals surface area contributed by atoms with E-state index >= 15 is 0 Å². The van der Waals surface area contributed by atoms with Crippen LogP contribution in [0.2, 0.25) is 0 Å². The molecular weight excluding hydrogens is 370 g/mol. The highest BCUT2D eigenvalue weighted by Crippen LogP contribution is 2.23. The summed E-state index contributed by atoms with van der Waals surface area (Å²) < 4.78 is 16.7. The van der Waals surface area contributed by atoms with Crippen molar-refractivity contribution in [3.8, 4) is 17.4 Å². The van der Waals surface area contributed by atoms with Crippen molar-refractivity contribution in [3.63, 3.8) is 0 Å². The predicted molar refractivity (Wildman–Crippen MR) is 106 cm³/mol. The summed E-state index contributed by atoms with van der Waals surface area (Å²) in [6, 6.07) is 18.1. The fourth-order valence-corrected chi connectivity index (χ4v) is 2.61. The molecule has 0 fully saturated rings. The van der Waals surface area contributed by atoms with Crippen LogP contribution >= 0.6 is 0 Å². The maximum atomic E-state index is 12.7. The lowest BCUT2D eigenvalue weighted by molar-refractivity contribution is 0.0993. The van der Waals surface area contributed by atoms with Crippen LogP contribution in [-0.2, 0) is 6.61 Å². The quantitative estimate of drug-likeness (QED) is 0.495. The molecule has 0 saturated heterocycles. The van der Waals surface area contributed by atoms with Gasteiger partial charge in [-0.15, -0.1) is 0 Å². The molecule has 0 aliphatic carbocycles. The molecule has 0 aliphatic rings. The van der Waals surface area contributed by atoms with Gasteiger partial charge in [0, 0.05) is 29.7 Å². The summed E-state index contributed by atoms with van der Waals surface area (Å²) in [4.78, 5) is 20.7. The Morgan fingerprint density at radius 3 is 2.69 bits per heavy atom. The second kappa shape index (κ2) is 8.71. The summed E-state index contributed by atoms with van der Waals surface area (Å²) in [6.45, 7) is 0.221. The summed E-state index contributed by atoms with van der Waals surface area (Å²) in [5.74, 6) is 1.42. The molecule has 0 aliphatic heterocycles. The molecule has 4 aromatic rings. The van der Waals surface area contributed by atoms with E-state index < -0.39 is 0 Å². The number of nitrogens with zero attached hydrogens (tertiary/aromatic N) is 2. The first kappa shape index (κ1) is 18.2. The number of hydrogen-bond acceptors (Lipinski definition) is 6.